The summed E-state index contributed by atoms with van der Waals surface area (Å²) in [6.07, 6.45) is 4.35. The fourth-order valence-electron chi connectivity index (χ4n) is 1.40. The minimum atomic E-state index is 0.426. The lowest BCUT2D eigenvalue weighted by Gasteiger charge is -1.93. The van der Waals surface area contributed by atoms with Crippen molar-refractivity contribution in [2.24, 2.45) is 5.73 Å². The van der Waals surface area contributed by atoms with Crippen LogP contribution in [0.5, 0.6) is 0 Å². The first-order chi connectivity index (χ1) is 7.72. The quantitative estimate of drug-likeness (QED) is 0.849. The van der Waals surface area contributed by atoms with Crippen molar-refractivity contribution >= 4 is 28.5 Å². The molecule has 82 valence electrons. The second-order valence-corrected chi connectivity index (χ2v) is 4.69. The summed E-state index contributed by atoms with van der Waals surface area (Å²) in [6.45, 7) is 2.05. The lowest BCUT2D eigenvalue weighted by molar-refractivity contribution is 1.06. The Hall–Kier alpha value is -1.33. The first kappa shape index (κ1) is 11.2. The molecule has 0 atom stereocenters. The molecule has 0 aliphatic heterocycles. The van der Waals surface area contributed by atoms with E-state index in [-0.39, 0.29) is 0 Å². The van der Waals surface area contributed by atoms with E-state index in [1.807, 2.05) is 19.1 Å². The smallest absolute Gasteiger partial charge is 0.124 e. The minimum Gasteiger partial charge on any atom is -0.389 e. The zero-order valence-electron chi connectivity index (χ0n) is 8.80. The Morgan fingerprint density at radius 3 is 2.62 bits per heavy atom. The molecule has 0 aliphatic rings. The van der Waals surface area contributed by atoms with Crippen molar-refractivity contribution in [1.82, 2.24) is 9.97 Å². The van der Waals surface area contributed by atoms with Crippen molar-refractivity contribution in [3.8, 4) is 10.6 Å². The molecule has 0 unspecified atom stereocenters. The van der Waals surface area contributed by atoms with Crippen LogP contribution in [0.3, 0.4) is 0 Å². The standard InChI is InChI=1S/C11H11N3S2/c1-2-8-9(10(12)15)16-11(14-8)7-3-5-13-6-4-7/h3-6H,2H2,1H3,(H2,12,15). The van der Waals surface area contributed by atoms with Crippen molar-refractivity contribution in [3.05, 3.63) is 35.1 Å². The van der Waals surface area contributed by atoms with E-state index in [4.69, 9.17) is 18.0 Å². The van der Waals surface area contributed by atoms with E-state index >= 15 is 0 Å². The van der Waals surface area contributed by atoms with Crippen molar-refractivity contribution < 1.29 is 0 Å². The van der Waals surface area contributed by atoms with Crippen LogP contribution in [-0.4, -0.2) is 15.0 Å². The molecule has 2 heterocycles. The molecule has 2 aromatic heterocycles. The molecule has 0 aliphatic carbocycles. The van der Waals surface area contributed by atoms with Crippen LogP contribution >= 0.6 is 23.6 Å². The molecule has 2 N–H and O–H groups in total. The predicted molar refractivity (Wildman–Crippen MR) is 70.6 cm³/mol. The van der Waals surface area contributed by atoms with Gasteiger partial charge in [0, 0.05) is 18.0 Å². The lowest BCUT2D eigenvalue weighted by atomic mass is 10.2. The zero-order chi connectivity index (χ0) is 11.5. The summed E-state index contributed by atoms with van der Waals surface area (Å²) in [4.78, 5) is 9.87. The molecule has 0 saturated carbocycles. The molecular formula is C11H11N3S2. The highest BCUT2D eigenvalue weighted by Crippen LogP contribution is 2.27. The molecular weight excluding hydrogens is 238 g/mol. The van der Waals surface area contributed by atoms with Crippen LogP contribution in [0.15, 0.2) is 24.5 Å². The first-order valence-corrected chi connectivity index (χ1v) is 6.14. The van der Waals surface area contributed by atoms with Gasteiger partial charge in [-0.15, -0.1) is 11.3 Å². The third-order valence-electron chi connectivity index (χ3n) is 2.18. The topological polar surface area (TPSA) is 51.8 Å². The summed E-state index contributed by atoms with van der Waals surface area (Å²) in [7, 11) is 0. The second kappa shape index (κ2) is 4.67. The van der Waals surface area contributed by atoms with Crippen molar-refractivity contribution in [2.75, 3.05) is 0 Å². The van der Waals surface area contributed by atoms with Gasteiger partial charge in [0.15, 0.2) is 0 Å². The fraction of sp³-hybridized carbons (Fsp3) is 0.182. The predicted octanol–water partition coefficient (Wildman–Crippen LogP) is 2.40. The number of nitrogens with zero attached hydrogens (tertiary/aromatic N) is 2. The highest BCUT2D eigenvalue weighted by molar-refractivity contribution is 7.81. The molecule has 3 nitrogen and oxygen atoms in total. The largest absolute Gasteiger partial charge is 0.389 e. The van der Waals surface area contributed by atoms with Gasteiger partial charge in [-0.1, -0.05) is 19.1 Å². The SMILES string of the molecule is CCc1nc(-c2ccncc2)sc1C(N)=S. The molecule has 0 spiro atoms. The van der Waals surface area contributed by atoms with Gasteiger partial charge in [-0.2, -0.15) is 0 Å². The van der Waals surface area contributed by atoms with E-state index < -0.39 is 0 Å². The Labute approximate surface area is 103 Å². The van der Waals surface area contributed by atoms with Gasteiger partial charge in [-0.3, -0.25) is 4.98 Å². The Kier molecular flexibility index (Phi) is 3.26. The molecule has 0 radical (unpaired) electrons. The van der Waals surface area contributed by atoms with Crippen molar-refractivity contribution in [2.45, 2.75) is 13.3 Å². The summed E-state index contributed by atoms with van der Waals surface area (Å²) in [5.74, 6) is 0. The minimum absolute atomic E-state index is 0.426. The van der Waals surface area contributed by atoms with Gasteiger partial charge in [-0.25, -0.2) is 4.98 Å². The third kappa shape index (κ3) is 2.10. The van der Waals surface area contributed by atoms with E-state index in [0.717, 1.165) is 27.6 Å². The lowest BCUT2D eigenvalue weighted by Crippen LogP contribution is -2.09. The van der Waals surface area contributed by atoms with Crippen LogP contribution in [0.25, 0.3) is 10.6 Å². The maximum absolute atomic E-state index is 5.67. The number of pyridine rings is 1. The van der Waals surface area contributed by atoms with Crippen molar-refractivity contribution in [1.29, 1.82) is 0 Å². The molecule has 2 rings (SSSR count). The Bertz CT molecular complexity index is 505. The number of aryl methyl sites for hydroxylation is 1. The van der Waals surface area contributed by atoms with Gasteiger partial charge in [0.05, 0.1) is 10.6 Å². The van der Waals surface area contributed by atoms with Crippen LogP contribution in [-0.2, 0) is 6.42 Å². The second-order valence-electron chi connectivity index (χ2n) is 3.25. The van der Waals surface area contributed by atoms with E-state index in [0.29, 0.717) is 4.99 Å². The van der Waals surface area contributed by atoms with Gasteiger partial charge in [0.2, 0.25) is 0 Å². The number of aromatic nitrogens is 2. The molecule has 0 amide bonds. The van der Waals surface area contributed by atoms with Crippen LogP contribution in [0.2, 0.25) is 0 Å². The highest BCUT2D eigenvalue weighted by Gasteiger charge is 2.12. The summed E-state index contributed by atoms with van der Waals surface area (Å²) in [6, 6.07) is 3.86. The number of thiazole rings is 1. The number of nitrogens with two attached hydrogens (primary N) is 1. The third-order valence-corrected chi connectivity index (χ3v) is 3.70. The molecule has 0 fully saturated rings. The summed E-state index contributed by atoms with van der Waals surface area (Å²) < 4.78 is 0. The Balaban J connectivity index is 2.48. The number of rotatable bonds is 3. The molecule has 5 heteroatoms. The Morgan fingerprint density at radius 1 is 1.44 bits per heavy atom. The molecule has 2 aromatic rings. The molecule has 0 bridgehead atoms. The number of thiocarbonyl (C=S) groups is 1. The average Bonchev–Trinajstić information content (AvgIpc) is 2.74. The van der Waals surface area contributed by atoms with Gasteiger partial charge >= 0.3 is 0 Å². The van der Waals surface area contributed by atoms with Crippen LogP contribution < -0.4 is 5.73 Å². The van der Waals surface area contributed by atoms with Crippen molar-refractivity contribution in [3.63, 3.8) is 0 Å². The summed E-state index contributed by atoms with van der Waals surface area (Å²) in [5.41, 5.74) is 7.70. The van der Waals surface area contributed by atoms with E-state index in [1.165, 1.54) is 0 Å². The highest BCUT2D eigenvalue weighted by atomic mass is 32.1. The van der Waals surface area contributed by atoms with Gasteiger partial charge in [0.25, 0.3) is 0 Å². The molecule has 0 saturated heterocycles. The fourth-order valence-corrected chi connectivity index (χ4v) is 2.66. The summed E-state index contributed by atoms with van der Waals surface area (Å²) in [5, 5.41) is 0.946. The maximum Gasteiger partial charge on any atom is 0.124 e. The van der Waals surface area contributed by atoms with E-state index in [1.54, 1.807) is 23.7 Å². The van der Waals surface area contributed by atoms with Crippen LogP contribution in [0, 0.1) is 0 Å². The average molecular weight is 249 g/mol. The summed E-state index contributed by atoms with van der Waals surface area (Å²) >= 11 is 6.56. The molecule has 0 aromatic carbocycles. The van der Waals surface area contributed by atoms with E-state index in [2.05, 4.69) is 9.97 Å². The van der Waals surface area contributed by atoms with E-state index in [9.17, 15) is 0 Å². The van der Waals surface area contributed by atoms with Gasteiger partial charge in [0.1, 0.15) is 10.00 Å². The first-order valence-electron chi connectivity index (χ1n) is 4.92. The maximum atomic E-state index is 5.67. The number of hydrogen-bond donors (Lipinski definition) is 1. The normalized spacial score (nSPS) is 10.3. The Morgan fingerprint density at radius 2 is 2.12 bits per heavy atom. The van der Waals surface area contributed by atoms with Gasteiger partial charge in [-0.05, 0) is 18.6 Å². The monoisotopic (exact) mass is 249 g/mol. The van der Waals surface area contributed by atoms with Crippen LogP contribution in [0.1, 0.15) is 17.5 Å². The number of hydrogen-bond acceptors (Lipinski definition) is 4. The van der Waals surface area contributed by atoms with Gasteiger partial charge < -0.3 is 5.73 Å². The molecule has 16 heavy (non-hydrogen) atoms. The van der Waals surface area contributed by atoms with Crippen LogP contribution in [0.4, 0.5) is 0 Å². The zero-order valence-corrected chi connectivity index (χ0v) is 10.4.